The van der Waals surface area contributed by atoms with Crippen LogP contribution < -0.4 is 10.6 Å². The number of rotatable bonds is 3. The molecule has 1 aliphatic carbocycles. The molecule has 0 atom stereocenters. The molecule has 0 spiro atoms. The zero-order valence-corrected chi connectivity index (χ0v) is 14.1. The highest BCUT2D eigenvalue weighted by atomic mass is 19.3. The van der Waals surface area contributed by atoms with Crippen LogP contribution in [0.5, 0.6) is 0 Å². The number of hydrogen-bond acceptors (Lipinski definition) is 4. The highest BCUT2D eigenvalue weighted by Crippen LogP contribution is 2.46. The number of nitrogens with one attached hydrogen (secondary N) is 3. The Morgan fingerprint density at radius 3 is 2.80 bits per heavy atom. The molecule has 3 N–H and O–H groups in total. The molecule has 134 valence electrons. The summed E-state index contributed by atoms with van der Waals surface area (Å²) in [6.45, 7) is 4.74. The average molecular weight is 350 g/mol. The first-order chi connectivity index (χ1) is 11.8. The van der Waals surface area contributed by atoms with Gasteiger partial charge in [0.15, 0.2) is 5.69 Å². The van der Waals surface area contributed by atoms with Crippen molar-refractivity contribution in [2.75, 3.05) is 18.4 Å². The van der Waals surface area contributed by atoms with Crippen LogP contribution in [0.1, 0.15) is 41.6 Å². The molecule has 0 aromatic carbocycles. The number of carbonyl (C=O) groups excluding carboxylic acids is 1. The minimum absolute atomic E-state index is 0.0308. The highest BCUT2D eigenvalue weighted by molar-refractivity contribution is 6.04. The van der Waals surface area contributed by atoms with Crippen molar-refractivity contribution in [3.63, 3.8) is 0 Å². The Morgan fingerprint density at radius 2 is 2.12 bits per heavy atom. The number of aromatic amines is 1. The lowest BCUT2D eigenvalue weighted by Crippen LogP contribution is -2.44. The van der Waals surface area contributed by atoms with Crippen LogP contribution in [0.15, 0.2) is 12.4 Å². The summed E-state index contributed by atoms with van der Waals surface area (Å²) in [6.07, 6.45) is 2.96. The smallest absolute Gasteiger partial charge is 0.276 e. The molecule has 2 aromatic rings. The number of fused-ring (bicyclic) bond motifs is 1. The van der Waals surface area contributed by atoms with Gasteiger partial charge in [0, 0.05) is 48.8 Å². The fourth-order valence-electron chi connectivity index (χ4n) is 3.21. The van der Waals surface area contributed by atoms with E-state index in [0.29, 0.717) is 16.9 Å². The van der Waals surface area contributed by atoms with Crippen LogP contribution >= 0.6 is 0 Å². The van der Waals surface area contributed by atoms with Gasteiger partial charge in [0.05, 0.1) is 17.9 Å². The van der Waals surface area contributed by atoms with Crippen LogP contribution in [0.4, 0.5) is 14.5 Å². The van der Waals surface area contributed by atoms with Crippen molar-refractivity contribution in [2.45, 2.75) is 38.7 Å². The maximum Gasteiger partial charge on any atom is 0.276 e. The van der Waals surface area contributed by atoms with E-state index in [1.165, 1.54) is 13.8 Å². The third-order valence-corrected chi connectivity index (χ3v) is 5.17. The standard InChI is InChI=1S/C16H20F2N6O/c1-15(2)4-12-11(3-16(15,17)18)13(23-22-12)14(25)21-9-5-20-24(8-9)10-6-19-7-10/h5,8,10,19H,3-4,6-7H2,1-2H3,(H,21,25)(H,22,23). The fourth-order valence-corrected chi connectivity index (χ4v) is 3.21. The van der Waals surface area contributed by atoms with Crippen molar-refractivity contribution in [2.24, 2.45) is 5.41 Å². The summed E-state index contributed by atoms with van der Waals surface area (Å²) in [5.74, 6) is -3.39. The molecular weight excluding hydrogens is 330 g/mol. The second-order valence-corrected chi connectivity index (χ2v) is 7.45. The van der Waals surface area contributed by atoms with Crippen molar-refractivity contribution in [3.05, 3.63) is 29.3 Å². The number of halogens is 2. The van der Waals surface area contributed by atoms with E-state index in [2.05, 4.69) is 25.9 Å². The lowest BCUT2D eigenvalue weighted by molar-refractivity contribution is -0.111. The summed E-state index contributed by atoms with van der Waals surface area (Å²) in [7, 11) is 0. The van der Waals surface area contributed by atoms with Crippen molar-refractivity contribution in [3.8, 4) is 0 Å². The number of nitrogens with zero attached hydrogens (tertiary/aromatic N) is 3. The predicted octanol–water partition coefficient (Wildman–Crippen LogP) is 1.76. The molecule has 9 heteroatoms. The van der Waals surface area contributed by atoms with Gasteiger partial charge in [0.1, 0.15) is 0 Å². The molecule has 0 unspecified atom stereocenters. The maximum absolute atomic E-state index is 14.4. The zero-order chi connectivity index (χ0) is 17.8. The summed E-state index contributed by atoms with van der Waals surface area (Å²) < 4.78 is 30.5. The summed E-state index contributed by atoms with van der Waals surface area (Å²) in [4.78, 5) is 12.5. The molecule has 1 aliphatic heterocycles. The molecule has 2 aromatic heterocycles. The third-order valence-electron chi connectivity index (χ3n) is 5.17. The van der Waals surface area contributed by atoms with Crippen LogP contribution in [0.2, 0.25) is 0 Å². The Bertz CT molecular complexity index is 820. The average Bonchev–Trinajstić information content (AvgIpc) is 3.04. The summed E-state index contributed by atoms with van der Waals surface area (Å²) in [5, 5.41) is 16.8. The molecule has 7 nitrogen and oxygen atoms in total. The van der Waals surface area contributed by atoms with Gasteiger partial charge < -0.3 is 10.6 Å². The number of amides is 1. The molecule has 1 saturated heterocycles. The Morgan fingerprint density at radius 1 is 1.36 bits per heavy atom. The van der Waals surface area contributed by atoms with Crippen molar-refractivity contribution < 1.29 is 13.6 Å². The Hall–Kier alpha value is -2.29. The number of hydrogen-bond donors (Lipinski definition) is 3. The van der Waals surface area contributed by atoms with Gasteiger partial charge in [0.25, 0.3) is 11.8 Å². The summed E-state index contributed by atoms with van der Waals surface area (Å²) in [6, 6.07) is 0.282. The van der Waals surface area contributed by atoms with Crippen LogP contribution in [0.3, 0.4) is 0 Å². The zero-order valence-electron chi connectivity index (χ0n) is 14.1. The number of aromatic nitrogens is 4. The number of carbonyl (C=O) groups is 1. The number of anilines is 1. The van der Waals surface area contributed by atoms with Gasteiger partial charge in [-0.1, -0.05) is 13.8 Å². The molecule has 1 fully saturated rings. The lowest BCUT2D eigenvalue weighted by Gasteiger charge is -2.37. The monoisotopic (exact) mass is 350 g/mol. The Labute approximate surface area is 143 Å². The molecule has 0 saturated carbocycles. The molecule has 4 rings (SSSR count). The minimum atomic E-state index is -2.89. The van der Waals surface area contributed by atoms with Gasteiger partial charge in [-0.2, -0.15) is 10.2 Å². The minimum Gasteiger partial charge on any atom is -0.318 e. The molecular formula is C16H20F2N6O. The fraction of sp³-hybridized carbons (Fsp3) is 0.562. The van der Waals surface area contributed by atoms with E-state index in [9.17, 15) is 13.6 Å². The van der Waals surface area contributed by atoms with E-state index >= 15 is 0 Å². The van der Waals surface area contributed by atoms with Crippen LogP contribution in [-0.4, -0.2) is 44.9 Å². The first-order valence-electron chi connectivity index (χ1n) is 8.27. The first kappa shape index (κ1) is 16.2. The van der Waals surface area contributed by atoms with E-state index < -0.39 is 23.7 Å². The first-order valence-corrected chi connectivity index (χ1v) is 8.27. The summed E-state index contributed by atoms with van der Waals surface area (Å²) >= 11 is 0. The van der Waals surface area contributed by atoms with E-state index in [4.69, 9.17) is 0 Å². The molecule has 2 aliphatic rings. The molecule has 0 bridgehead atoms. The van der Waals surface area contributed by atoms with Crippen LogP contribution in [0, 0.1) is 5.41 Å². The van der Waals surface area contributed by atoms with Gasteiger partial charge in [-0.05, 0) is 0 Å². The summed E-state index contributed by atoms with van der Waals surface area (Å²) in [5.41, 5.74) is 0.299. The third kappa shape index (κ3) is 2.62. The van der Waals surface area contributed by atoms with E-state index in [-0.39, 0.29) is 18.2 Å². The van der Waals surface area contributed by atoms with Gasteiger partial charge >= 0.3 is 0 Å². The number of alkyl halides is 2. The van der Waals surface area contributed by atoms with E-state index in [1.807, 2.05) is 0 Å². The maximum atomic E-state index is 14.4. The Balaban J connectivity index is 1.54. The second kappa shape index (κ2) is 5.35. The molecule has 3 heterocycles. The molecule has 1 amide bonds. The van der Waals surface area contributed by atoms with E-state index in [0.717, 1.165) is 13.1 Å². The lowest BCUT2D eigenvalue weighted by atomic mass is 9.73. The van der Waals surface area contributed by atoms with Gasteiger partial charge in [-0.25, -0.2) is 8.78 Å². The van der Waals surface area contributed by atoms with Crippen LogP contribution in [0.25, 0.3) is 0 Å². The van der Waals surface area contributed by atoms with E-state index in [1.54, 1.807) is 17.1 Å². The molecule has 0 radical (unpaired) electrons. The second-order valence-electron chi connectivity index (χ2n) is 7.45. The normalized spacial score (nSPS) is 21.4. The SMILES string of the molecule is CC1(C)Cc2[nH]nc(C(=O)Nc3cnn(C4CNC4)c3)c2CC1(F)F. The topological polar surface area (TPSA) is 87.6 Å². The van der Waals surface area contributed by atoms with Crippen molar-refractivity contribution >= 4 is 11.6 Å². The van der Waals surface area contributed by atoms with Crippen molar-refractivity contribution in [1.29, 1.82) is 0 Å². The molecule has 25 heavy (non-hydrogen) atoms. The number of H-pyrrole nitrogens is 1. The predicted molar refractivity (Wildman–Crippen MR) is 86.8 cm³/mol. The highest BCUT2D eigenvalue weighted by Gasteiger charge is 2.51. The van der Waals surface area contributed by atoms with Gasteiger partial charge in [-0.15, -0.1) is 0 Å². The van der Waals surface area contributed by atoms with Crippen molar-refractivity contribution in [1.82, 2.24) is 25.3 Å². The van der Waals surface area contributed by atoms with Gasteiger partial charge in [-0.3, -0.25) is 14.6 Å². The largest absolute Gasteiger partial charge is 0.318 e. The quantitative estimate of drug-likeness (QED) is 0.787. The van der Waals surface area contributed by atoms with Gasteiger partial charge in [0.2, 0.25) is 0 Å². The Kier molecular flexibility index (Phi) is 3.47. The van der Waals surface area contributed by atoms with Crippen LogP contribution in [-0.2, 0) is 12.8 Å².